The Morgan fingerprint density at radius 2 is 2.16 bits per heavy atom. The first-order chi connectivity index (χ1) is 8.89. The highest BCUT2D eigenvalue weighted by Gasteiger charge is 2.33. The first-order valence-electron chi connectivity index (χ1n) is 7.08. The molecule has 2 atom stereocenters. The number of hydrogen-bond acceptors (Lipinski definition) is 2. The molecule has 0 N–H and O–H groups in total. The number of nitrogens with zero attached hydrogens (tertiary/aromatic N) is 1. The summed E-state index contributed by atoms with van der Waals surface area (Å²) in [5.74, 6) is 2.09. The minimum Gasteiger partial charge on any atom is -0.490 e. The van der Waals surface area contributed by atoms with Crippen LogP contribution < -0.4 is 4.74 Å². The van der Waals surface area contributed by atoms with Crippen molar-refractivity contribution in [1.29, 1.82) is 0 Å². The lowest BCUT2D eigenvalue weighted by molar-refractivity contribution is 0.0556. The van der Waals surface area contributed by atoms with Gasteiger partial charge in [0.15, 0.2) is 0 Å². The molecule has 2 unspecified atom stereocenters. The van der Waals surface area contributed by atoms with Crippen molar-refractivity contribution in [3.8, 4) is 5.75 Å². The fourth-order valence-corrected chi connectivity index (χ4v) is 3.50. The number of ether oxygens (including phenoxy) is 1. The molecule has 2 rings (SSSR count). The van der Waals surface area contributed by atoms with Gasteiger partial charge in [0.2, 0.25) is 0 Å². The number of rotatable bonds is 3. The monoisotopic (exact) mass is 281 g/mol. The van der Waals surface area contributed by atoms with E-state index in [1.165, 1.54) is 6.42 Å². The van der Waals surface area contributed by atoms with Crippen molar-refractivity contribution >= 4 is 11.6 Å². The summed E-state index contributed by atoms with van der Waals surface area (Å²) in [6.45, 7) is 8.97. The molecular weight excluding hydrogens is 258 g/mol. The Kier molecular flexibility index (Phi) is 4.39. The Labute approximate surface area is 121 Å². The topological polar surface area (TPSA) is 22.1 Å². The number of alkyl halides is 1. The van der Waals surface area contributed by atoms with Crippen LogP contribution in [0.2, 0.25) is 0 Å². The van der Waals surface area contributed by atoms with E-state index in [4.69, 9.17) is 16.3 Å². The molecule has 1 fully saturated rings. The van der Waals surface area contributed by atoms with E-state index in [2.05, 4.69) is 25.8 Å². The van der Waals surface area contributed by atoms with Crippen molar-refractivity contribution in [3.63, 3.8) is 0 Å². The average molecular weight is 282 g/mol. The molecule has 0 aliphatic heterocycles. The van der Waals surface area contributed by atoms with Crippen LogP contribution in [0.5, 0.6) is 5.75 Å². The van der Waals surface area contributed by atoms with Crippen LogP contribution in [0, 0.1) is 18.3 Å². The molecule has 19 heavy (non-hydrogen) atoms. The minimum absolute atomic E-state index is 0.294. The molecule has 0 spiro atoms. The van der Waals surface area contributed by atoms with E-state index in [1.54, 1.807) is 0 Å². The third kappa shape index (κ3) is 3.85. The van der Waals surface area contributed by atoms with Gasteiger partial charge in [-0.15, -0.1) is 11.6 Å². The third-order valence-corrected chi connectivity index (χ3v) is 4.15. The normalized spacial score (nSPS) is 26.2. The number of hydrogen-bond donors (Lipinski definition) is 0. The molecule has 106 valence electrons. The standard InChI is InChI=1S/C16H24ClNO/c1-11-5-14(8-16(3,4)7-11)19-15-6-12(2)18-10-13(15)9-17/h6,10-11,14H,5,7-9H2,1-4H3. The fourth-order valence-electron chi connectivity index (χ4n) is 3.30. The van der Waals surface area contributed by atoms with Crippen LogP contribution in [0.1, 0.15) is 51.3 Å². The smallest absolute Gasteiger partial charge is 0.127 e. The molecule has 1 saturated carbocycles. The Morgan fingerprint density at radius 1 is 1.42 bits per heavy atom. The molecule has 1 aliphatic carbocycles. The second kappa shape index (κ2) is 5.70. The van der Waals surface area contributed by atoms with E-state index >= 15 is 0 Å². The van der Waals surface area contributed by atoms with Crippen molar-refractivity contribution in [2.24, 2.45) is 11.3 Å². The first kappa shape index (κ1) is 14.6. The molecule has 1 aliphatic rings. The molecule has 1 aromatic rings. The summed E-state index contributed by atoms with van der Waals surface area (Å²) in [5, 5.41) is 0. The molecule has 0 aromatic carbocycles. The van der Waals surface area contributed by atoms with Gasteiger partial charge in [0.1, 0.15) is 5.75 Å². The second-order valence-electron chi connectivity index (χ2n) is 6.72. The quantitative estimate of drug-likeness (QED) is 0.748. The van der Waals surface area contributed by atoms with E-state index in [1.807, 2.05) is 19.2 Å². The zero-order valence-corrected chi connectivity index (χ0v) is 13.1. The summed E-state index contributed by atoms with van der Waals surface area (Å²) < 4.78 is 6.24. The average Bonchev–Trinajstić information content (AvgIpc) is 2.26. The van der Waals surface area contributed by atoms with E-state index in [9.17, 15) is 0 Å². The maximum atomic E-state index is 6.24. The Hall–Kier alpha value is -0.760. The van der Waals surface area contributed by atoms with Crippen LogP contribution in [0.15, 0.2) is 12.3 Å². The first-order valence-corrected chi connectivity index (χ1v) is 7.61. The Bertz CT molecular complexity index is 444. The minimum atomic E-state index is 0.294. The summed E-state index contributed by atoms with van der Waals surface area (Å²) in [6.07, 6.45) is 5.65. The molecule has 1 aromatic heterocycles. The summed E-state index contributed by atoms with van der Waals surface area (Å²) in [5.41, 5.74) is 2.33. The predicted molar refractivity (Wildman–Crippen MR) is 79.7 cm³/mol. The van der Waals surface area contributed by atoms with E-state index in [-0.39, 0.29) is 0 Å². The van der Waals surface area contributed by atoms with E-state index in [0.717, 1.165) is 35.8 Å². The van der Waals surface area contributed by atoms with Gasteiger partial charge < -0.3 is 4.74 Å². The van der Waals surface area contributed by atoms with Gasteiger partial charge in [0.25, 0.3) is 0 Å². The van der Waals surface area contributed by atoms with Crippen molar-refractivity contribution in [2.75, 3.05) is 0 Å². The van der Waals surface area contributed by atoms with Crippen molar-refractivity contribution in [1.82, 2.24) is 4.98 Å². The lowest BCUT2D eigenvalue weighted by Gasteiger charge is -2.39. The molecule has 0 bridgehead atoms. The maximum absolute atomic E-state index is 6.24. The van der Waals surface area contributed by atoms with E-state index < -0.39 is 0 Å². The number of halogens is 1. The van der Waals surface area contributed by atoms with Gasteiger partial charge >= 0.3 is 0 Å². The molecule has 3 heteroatoms. The number of aromatic nitrogens is 1. The van der Waals surface area contributed by atoms with Gasteiger partial charge in [0, 0.05) is 23.5 Å². The van der Waals surface area contributed by atoms with Gasteiger partial charge in [-0.05, 0) is 37.5 Å². The van der Waals surface area contributed by atoms with Crippen LogP contribution in [0.3, 0.4) is 0 Å². The highest BCUT2D eigenvalue weighted by Crippen LogP contribution is 2.40. The van der Waals surface area contributed by atoms with Crippen LogP contribution in [0.4, 0.5) is 0 Å². The van der Waals surface area contributed by atoms with Crippen LogP contribution in [-0.4, -0.2) is 11.1 Å². The Balaban J connectivity index is 2.14. The summed E-state index contributed by atoms with van der Waals surface area (Å²) >= 11 is 5.97. The largest absolute Gasteiger partial charge is 0.490 e. The zero-order valence-electron chi connectivity index (χ0n) is 12.4. The van der Waals surface area contributed by atoms with E-state index in [0.29, 0.717) is 17.4 Å². The molecule has 0 radical (unpaired) electrons. The van der Waals surface area contributed by atoms with Crippen LogP contribution >= 0.6 is 11.6 Å². The Morgan fingerprint density at radius 3 is 2.79 bits per heavy atom. The SMILES string of the molecule is Cc1cc(OC2CC(C)CC(C)(C)C2)c(CCl)cn1. The van der Waals surface area contributed by atoms with Crippen molar-refractivity contribution < 1.29 is 4.74 Å². The number of aryl methyl sites for hydroxylation is 1. The highest BCUT2D eigenvalue weighted by molar-refractivity contribution is 6.17. The molecule has 1 heterocycles. The molecule has 0 amide bonds. The van der Waals surface area contributed by atoms with Crippen LogP contribution in [0.25, 0.3) is 0 Å². The number of pyridine rings is 1. The lowest BCUT2D eigenvalue weighted by Crippen LogP contribution is -2.34. The lowest BCUT2D eigenvalue weighted by atomic mass is 9.71. The second-order valence-corrected chi connectivity index (χ2v) is 6.99. The summed E-state index contributed by atoms with van der Waals surface area (Å²) in [6, 6.07) is 2.00. The highest BCUT2D eigenvalue weighted by atomic mass is 35.5. The molecular formula is C16H24ClNO. The predicted octanol–water partition coefficient (Wildman–Crippen LogP) is 4.72. The summed E-state index contributed by atoms with van der Waals surface area (Å²) in [7, 11) is 0. The molecule has 2 nitrogen and oxygen atoms in total. The molecule has 0 saturated heterocycles. The fraction of sp³-hybridized carbons (Fsp3) is 0.688. The zero-order chi connectivity index (χ0) is 14.0. The van der Waals surface area contributed by atoms with Crippen LogP contribution in [-0.2, 0) is 5.88 Å². The maximum Gasteiger partial charge on any atom is 0.127 e. The van der Waals surface area contributed by atoms with Gasteiger partial charge in [-0.25, -0.2) is 0 Å². The van der Waals surface area contributed by atoms with Gasteiger partial charge in [-0.1, -0.05) is 20.8 Å². The third-order valence-electron chi connectivity index (χ3n) is 3.86. The van der Waals surface area contributed by atoms with Gasteiger partial charge in [-0.3, -0.25) is 4.98 Å². The summed E-state index contributed by atoms with van der Waals surface area (Å²) in [4.78, 5) is 4.28. The van der Waals surface area contributed by atoms with Crippen molar-refractivity contribution in [2.45, 2.75) is 58.9 Å². The van der Waals surface area contributed by atoms with Gasteiger partial charge in [0.05, 0.1) is 12.0 Å². The van der Waals surface area contributed by atoms with Gasteiger partial charge in [-0.2, -0.15) is 0 Å². The van der Waals surface area contributed by atoms with Crippen molar-refractivity contribution in [3.05, 3.63) is 23.5 Å².